The monoisotopic (exact) mass is 600 g/mol. The summed E-state index contributed by atoms with van der Waals surface area (Å²) in [7, 11) is 1.66. The van der Waals surface area contributed by atoms with Gasteiger partial charge in [-0.1, -0.05) is 44.6 Å². The maximum absolute atomic E-state index is 12.8. The lowest BCUT2D eigenvalue weighted by molar-refractivity contribution is -0.133. The van der Waals surface area contributed by atoms with Crippen molar-refractivity contribution in [3.8, 4) is 0 Å². The molecule has 0 aromatic heterocycles. The summed E-state index contributed by atoms with van der Waals surface area (Å²) in [6.07, 6.45) is 4.00. The van der Waals surface area contributed by atoms with E-state index in [2.05, 4.69) is 37.5 Å². The van der Waals surface area contributed by atoms with E-state index >= 15 is 0 Å². The van der Waals surface area contributed by atoms with Gasteiger partial charge in [-0.05, 0) is 64.2 Å². The van der Waals surface area contributed by atoms with Gasteiger partial charge in [-0.3, -0.25) is 9.59 Å². The number of amides is 2. The molecule has 1 aliphatic carbocycles. The van der Waals surface area contributed by atoms with Gasteiger partial charge in [0.2, 0.25) is 5.91 Å². The van der Waals surface area contributed by atoms with Crippen molar-refractivity contribution >= 4 is 23.5 Å². The van der Waals surface area contributed by atoms with Gasteiger partial charge < -0.3 is 34.3 Å². The third-order valence-corrected chi connectivity index (χ3v) is 8.72. The van der Waals surface area contributed by atoms with E-state index in [1.807, 2.05) is 32.9 Å². The molecule has 3 aliphatic rings. The summed E-state index contributed by atoms with van der Waals surface area (Å²) in [6.45, 7) is 12.5. The minimum Gasteiger partial charge on any atom is -0.443 e. The van der Waals surface area contributed by atoms with Crippen molar-refractivity contribution in [1.29, 1.82) is 0 Å². The molecule has 4 rings (SSSR count). The second-order valence-electron chi connectivity index (χ2n) is 13.4. The summed E-state index contributed by atoms with van der Waals surface area (Å²) in [5.41, 5.74) is 1.72. The van der Waals surface area contributed by atoms with E-state index in [0.717, 1.165) is 18.4 Å². The molecule has 0 unspecified atom stereocenters. The molecule has 2 saturated heterocycles. The fourth-order valence-electron chi connectivity index (χ4n) is 5.96. The lowest BCUT2D eigenvalue weighted by atomic mass is 9.68. The first-order chi connectivity index (χ1) is 20.3. The number of allylic oxidation sites excluding steroid dienone is 1. The molecule has 238 valence electrons. The minimum absolute atomic E-state index is 0.0244. The van der Waals surface area contributed by atoms with Crippen LogP contribution in [-0.2, 0) is 39.7 Å². The Morgan fingerprint density at radius 1 is 1.12 bits per heavy atom. The molecule has 0 radical (unpaired) electrons. The summed E-state index contributed by atoms with van der Waals surface area (Å²) in [4.78, 5) is 36.8. The van der Waals surface area contributed by atoms with Crippen molar-refractivity contribution < 1.29 is 38.1 Å². The highest BCUT2D eigenvalue weighted by molar-refractivity contribution is 5.92. The molecule has 10 heteroatoms. The van der Waals surface area contributed by atoms with Crippen LogP contribution in [0.2, 0.25) is 0 Å². The normalized spacial score (nSPS) is 29.5. The number of hydrogen-bond acceptors (Lipinski definition) is 8. The van der Waals surface area contributed by atoms with Crippen molar-refractivity contribution in [3.63, 3.8) is 0 Å². The minimum atomic E-state index is -0.503. The van der Waals surface area contributed by atoms with Crippen LogP contribution >= 0.6 is 0 Å². The van der Waals surface area contributed by atoms with Crippen LogP contribution in [0.4, 0.5) is 10.5 Å². The Morgan fingerprint density at radius 2 is 1.81 bits per heavy atom. The molecule has 10 nitrogen and oxygen atoms in total. The van der Waals surface area contributed by atoms with Crippen molar-refractivity contribution in [2.45, 2.75) is 96.7 Å². The lowest BCUT2D eigenvalue weighted by Gasteiger charge is -2.42. The first-order valence-electron chi connectivity index (χ1n) is 15.2. The topological polar surface area (TPSA) is 128 Å². The van der Waals surface area contributed by atoms with Crippen LogP contribution in [0.15, 0.2) is 35.9 Å². The molecule has 1 saturated carbocycles. The van der Waals surface area contributed by atoms with Gasteiger partial charge in [0.1, 0.15) is 36.6 Å². The van der Waals surface area contributed by atoms with E-state index in [-0.39, 0.29) is 54.2 Å². The van der Waals surface area contributed by atoms with Gasteiger partial charge in [0, 0.05) is 24.8 Å². The van der Waals surface area contributed by atoms with E-state index in [0.29, 0.717) is 31.7 Å². The summed E-state index contributed by atoms with van der Waals surface area (Å²) < 4.78 is 29.3. The van der Waals surface area contributed by atoms with Crippen molar-refractivity contribution in [2.75, 3.05) is 38.8 Å². The number of carbonyl (C=O) groups excluding carboxylic acids is 3. The van der Waals surface area contributed by atoms with Crippen LogP contribution in [0, 0.1) is 11.3 Å². The molecule has 2 amide bonds. The number of benzene rings is 1. The quantitative estimate of drug-likeness (QED) is 0.248. The predicted molar refractivity (Wildman–Crippen MR) is 162 cm³/mol. The largest absolute Gasteiger partial charge is 0.443 e. The second kappa shape index (κ2) is 13.5. The molecule has 6 atom stereocenters. The molecule has 3 fully saturated rings. The number of anilines is 1. The average molecular weight is 601 g/mol. The van der Waals surface area contributed by atoms with Gasteiger partial charge in [-0.2, -0.15) is 0 Å². The number of alkyl carbamates (subject to hydrolysis) is 1. The summed E-state index contributed by atoms with van der Waals surface area (Å²) in [6, 6.07) is 7.35. The number of ether oxygens (including phenoxy) is 5. The number of hydrogen-bond donors (Lipinski definition) is 2. The van der Waals surface area contributed by atoms with Gasteiger partial charge in [0.25, 0.3) is 0 Å². The number of carbonyl (C=O) groups is 3. The van der Waals surface area contributed by atoms with E-state index in [1.54, 1.807) is 19.2 Å². The fourth-order valence-corrected chi connectivity index (χ4v) is 5.96. The number of nitrogens with one attached hydrogen (secondary N) is 2. The number of Topliss-reactive ketones (excluding diaryl/α,β-unsaturated/α-hetero) is 1. The fraction of sp³-hybridized carbons (Fsp3) is 0.667. The second-order valence-corrected chi connectivity index (χ2v) is 13.4. The Bertz CT molecular complexity index is 1180. The van der Waals surface area contributed by atoms with Crippen LogP contribution in [0.5, 0.6) is 0 Å². The number of rotatable bonds is 13. The van der Waals surface area contributed by atoms with Crippen molar-refractivity contribution in [2.24, 2.45) is 11.3 Å². The zero-order chi connectivity index (χ0) is 31.4. The highest BCUT2D eigenvalue weighted by atomic mass is 16.6. The van der Waals surface area contributed by atoms with E-state index < -0.39 is 17.6 Å². The van der Waals surface area contributed by atoms with E-state index in [9.17, 15) is 14.4 Å². The van der Waals surface area contributed by atoms with Crippen LogP contribution in [-0.4, -0.2) is 80.8 Å². The van der Waals surface area contributed by atoms with Gasteiger partial charge in [0.15, 0.2) is 5.78 Å². The third kappa shape index (κ3) is 8.44. The van der Waals surface area contributed by atoms with Gasteiger partial charge >= 0.3 is 6.09 Å². The highest BCUT2D eigenvalue weighted by Gasteiger charge is 2.72. The molecule has 2 aliphatic heterocycles. The van der Waals surface area contributed by atoms with E-state index in [1.165, 1.54) is 5.57 Å². The number of methoxy groups -OCH3 is 1. The molecule has 1 aromatic carbocycles. The molecular weight excluding hydrogens is 552 g/mol. The standard InChI is InChI=1S/C33H48N2O8/c1-21(2)8-13-26-32(6,43-26)29-28(39-7)24(14-16-33(29)20-41-33)42-30(38)34-17-15-22-9-11-23(12-10-22)35-27(37)19-40-18-25(36)31(3,4)5/h8-12,24,26,28-29H,13-20H2,1-7H3,(H,34,38)(H,35,37)/t24-,26-,28-,29-,32-,33+/m1/s1. The summed E-state index contributed by atoms with van der Waals surface area (Å²) in [5, 5.41) is 5.62. The Hall–Kier alpha value is -2.79. The highest BCUT2D eigenvalue weighted by Crippen LogP contribution is 2.59. The Kier molecular flexibility index (Phi) is 10.4. The number of epoxide rings is 2. The van der Waals surface area contributed by atoms with Crippen LogP contribution < -0.4 is 10.6 Å². The lowest BCUT2D eigenvalue weighted by Crippen LogP contribution is -2.56. The first-order valence-corrected chi connectivity index (χ1v) is 15.2. The predicted octanol–water partition coefficient (Wildman–Crippen LogP) is 4.60. The molecule has 1 spiro atoms. The van der Waals surface area contributed by atoms with E-state index in [4.69, 9.17) is 23.7 Å². The van der Waals surface area contributed by atoms with Crippen molar-refractivity contribution in [1.82, 2.24) is 5.32 Å². The van der Waals surface area contributed by atoms with Gasteiger partial charge in [0.05, 0.1) is 18.6 Å². The first kappa shape index (κ1) is 33.1. The summed E-state index contributed by atoms with van der Waals surface area (Å²) >= 11 is 0. The molecule has 2 heterocycles. The Labute approximate surface area is 255 Å². The average Bonchev–Trinajstić information content (AvgIpc) is 3.85. The Morgan fingerprint density at radius 3 is 2.42 bits per heavy atom. The smallest absolute Gasteiger partial charge is 0.407 e. The van der Waals surface area contributed by atoms with Crippen molar-refractivity contribution in [3.05, 3.63) is 41.5 Å². The Balaban J connectivity index is 1.21. The molecule has 1 aromatic rings. The SMILES string of the molecule is CO[C@@H]1[C@H](OC(=O)NCCc2ccc(NC(=O)COCC(=O)C(C)(C)C)cc2)CC[C@]2(CO2)[C@H]1[C@]1(C)O[C@@H]1CC=C(C)C. The zero-order valence-corrected chi connectivity index (χ0v) is 26.6. The maximum Gasteiger partial charge on any atom is 0.407 e. The van der Waals surface area contributed by atoms with Gasteiger partial charge in [-0.25, -0.2) is 4.79 Å². The van der Waals surface area contributed by atoms with Crippen LogP contribution in [0.25, 0.3) is 0 Å². The van der Waals surface area contributed by atoms with Crippen LogP contribution in [0.1, 0.15) is 66.4 Å². The summed E-state index contributed by atoms with van der Waals surface area (Å²) in [5.74, 6) is -0.414. The molecule has 2 N–H and O–H groups in total. The molecular formula is C33H48N2O8. The molecule has 43 heavy (non-hydrogen) atoms. The number of ketones is 1. The zero-order valence-electron chi connectivity index (χ0n) is 26.6. The van der Waals surface area contributed by atoms with Gasteiger partial charge in [-0.15, -0.1) is 0 Å². The molecule has 0 bridgehead atoms. The maximum atomic E-state index is 12.8. The van der Waals surface area contributed by atoms with Crippen LogP contribution in [0.3, 0.4) is 0 Å². The third-order valence-electron chi connectivity index (χ3n) is 8.72.